The molecule has 25 heavy (non-hydrogen) atoms. The van der Waals surface area contributed by atoms with E-state index in [1.54, 1.807) is 6.07 Å². The number of halogens is 1. The summed E-state index contributed by atoms with van der Waals surface area (Å²) in [7, 11) is 0. The first-order chi connectivity index (χ1) is 11.8. The minimum Gasteiger partial charge on any atom is -0.506 e. The van der Waals surface area contributed by atoms with Crippen LogP contribution in [-0.2, 0) is 11.3 Å². The summed E-state index contributed by atoms with van der Waals surface area (Å²) in [4.78, 5) is 11.9. The van der Waals surface area contributed by atoms with E-state index in [4.69, 9.17) is 16.3 Å². The Hall–Kier alpha value is -1.46. The van der Waals surface area contributed by atoms with Crippen molar-refractivity contribution in [1.82, 2.24) is 10.6 Å². The van der Waals surface area contributed by atoms with Gasteiger partial charge in [-0.1, -0.05) is 36.6 Å². The first-order valence-corrected chi connectivity index (χ1v) is 9.30. The van der Waals surface area contributed by atoms with Crippen molar-refractivity contribution in [3.63, 3.8) is 0 Å². The van der Waals surface area contributed by atoms with E-state index in [1.807, 2.05) is 32.9 Å². The second kappa shape index (κ2) is 8.77. The standard InChI is InChI=1S/C19H29ClN2O3/c1-19(2,3)25-18(24)22-12-16(13-7-4-5-8-13)21-11-14-9-6-10-15(20)17(14)23/h6,9-10,13,16,21,23H,4-5,7-8,11-12H2,1-3H3,(H,22,24). The van der Waals surface area contributed by atoms with Crippen LogP contribution < -0.4 is 10.6 Å². The number of aromatic hydroxyl groups is 1. The molecule has 1 aliphatic rings. The average molecular weight is 369 g/mol. The number of carbonyl (C=O) groups excluding carboxylic acids is 1. The lowest BCUT2D eigenvalue weighted by atomic mass is 9.97. The molecule has 2 rings (SSSR count). The number of nitrogens with one attached hydrogen (secondary N) is 2. The molecule has 1 fully saturated rings. The molecule has 0 saturated heterocycles. The predicted molar refractivity (Wildman–Crippen MR) is 99.9 cm³/mol. The van der Waals surface area contributed by atoms with Gasteiger partial charge in [-0.25, -0.2) is 4.79 Å². The summed E-state index contributed by atoms with van der Waals surface area (Å²) in [5.74, 6) is 0.623. The van der Waals surface area contributed by atoms with Crippen molar-refractivity contribution in [3.8, 4) is 5.75 Å². The van der Waals surface area contributed by atoms with Gasteiger partial charge in [0.05, 0.1) is 5.02 Å². The molecule has 1 aromatic carbocycles. The third-order valence-electron chi connectivity index (χ3n) is 4.46. The molecule has 0 radical (unpaired) electrons. The van der Waals surface area contributed by atoms with E-state index >= 15 is 0 Å². The third-order valence-corrected chi connectivity index (χ3v) is 4.76. The average Bonchev–Trinajstić information content (AvgIpc) is 3.03. The largest absolute Gasteiger partial charge is 0.506 e. The van der Waals surface area contributed by atoms with Crippen molar-refractivity contribution >= 4 is 17.7 Å². The van der Waals surface area contributed by atoms with Gasteiger partial charge in [0.1, 0.15) is 11.4 Å². The second-order valence-electron chi connectivity index (χ2n) is 7.66. The highest BCUT2D eigenvalue weighted by Gasteiger charge is 2.26. The fourth-order valence-electron chi connectivity index (χ4n) is 3.22. The Morgan fingerprint density at radius 3 is 2.68 bits per heavy atom. The maximum atomic E-state index is 11.9. The number of carbonyl (C=O) groups is 1. The molecule has 6 heteroatoms. The zero-order chi connectivity index (χ0) is 18.4. The number of benzene rings is 1. The van der Waals surface area contributed by atoms with Gasteiger partial charge in [0, 0.05) is 24.7 Å². The molecule has 1 atom stereocenters. The van der Waals surface area contributed by atoms with Crippen molar-refractivity contribution < 1.29 is 14.6 Å². The first kappa shape index (κ1) is 19.9. The molecule has 0 spiro atoms. The quantitative estimate of drug-likeness (QED) is 0.703. The van der Waals surface area contributed by atoms with Crippen LogP contribution in [0.1, 0.15) is 52.0 Å². The summed E-state index contributed by atoms with van der Waals surface area (Å²) in [6.45, 7) is 6.55. The number of phenols is 1. The zero-order valence-corrected chi connectivity index (χ0v) is 16.0. The molecule has 1 unspecified atom stereocenters. The van der Waals surface area contributed by atoms with Gasteiger partial charge in [0.2, 0.25) is 0 Å². The molecule has 1 aliphatic carbocycles. The summed E-state index contributed by atoms with van der Waals surface area (Å²) in [6.07, 6.45) is 4.34. The van der Waals surface area contributed by atoms with Gasteiger partial charge in [-0.2, -0.15) is 0 Å². The Balaban J connectivity index is 1.94. The van der Waals surface area contributed by atoms with Crippen LogP contribution in [0, 0.1) is 5.92 Å². The third kappa shape index (κ3) is 6.40. The van der Waals surface area contributed by atoms with Crippen molar-refractivity contribution in [3.05, 3.63) is 28.8 Å². The van der Waals surface area contributed by atoms with E-state index in [0.717, 1.165) is 18.4 Å². The molecule has 0 aromatic heterocycles. The number of ether oxygens (including phenoxy) is 1. The number of hydrogen-bond acceptors (Lipinski definition) is 4. The predicted octanol–water partition coefficient (Wildman–Crippen LogP) is 4.22. The number of para-hydroxylation sites is 1. The lowest BCUT2D eigenvalue weighted by molar-refractivity contribution is 0.0518. The van der Waals surface area contributed by atoms with E-state index in [-0.39, 0.29) is 11.8 Å². The fourth-order valence-corrected chi connectivity index (χ4v) is 3.41. The highest BCUT2D eigenvalue weighted by atomic mass is 35.5. The van der Waals surface area contributed by atoms with E-state index < -0.39 is 11.7 Å². The summed E-state index contributed by atoms with van der Waals surface area (Å²) in [5, 5.41) is 16.8. The van der Waals surface area contributed by atoms with Gasteiger partial charge in [-0.3, -0.25) is 0 Å². The van der Waals surface area contributed by atoms with Gasteiger partial charge in [-0.15, -0.1) is 0 Å². The summed E-state index contributed by atoms with van der Waals surface area (Å²) in [5.41, 5.74) is 0.250. The van der Waals surface area contributed by atoms with Gasteiger partial charge in [0.15, 0.2) is 0 Å². The van der Waals surface area contributed by atoms with Crippen LogP contribution in [0.3, 0.4) is 0 Å². The molecule has 0 aliphatic heterocycles. The molecule has 0 bridgehead atoms. The van der Waals surface area contributed by atoms with Gasteiger partial charge >= 0.3 is 6.09 Å². The minimum atomic E-state index is -0.507. The second-order valence-corrected chi connectivity index (χ2v) is 8.07. The number of hydrogen-bond donors (Lipinski definition) is 3. The number of amides is 1. The summed E-state index contributed by atoms with van der Waals surface area (Å²) < 4.78 is 5.31. The van der Waals surface area contributed by atoms with Crippen LogP contribution in [0.2, 0.25) is 5.02 Å². The molecule has 1 saturated carbocycles. The van der Waals surface area contributed by atoms with Gasteiger partial charge < -0.3 is 20.5 Å². The van der Waals surface area contributed by atoms with Crippen LogP contribution in [0.4, 0.5) is 4.79 Å². The highest BCUT2D eigenvalue weighted by Crippen LogP contribution is 2.29. The van der Waals surface area contributed by atoms with Crippen molar-refractivity contribution in [1.29, 1.82) is 0 Å². The summed E-state index contributed by atoms with van der Waals surface area (Å²) >= 11 is 5.97. The Morgan fingerprint density at radius 1 is 1.36 bits per heavy atom. The Morgan fingerprint density at radius 2 is 2.04 bits per heavy atom. The van der Waals surface area contributed by atoms with Gasteiger partial charge in [0.25, 0.3) is 0 Å². The van der Waals surface area contributed by atoms with Crippen molar-refractivity contribution in [2.24, 2.45) is 5.92 Å². The maximum absolute atomic E-state index is 11.9. The Bertz CT molecular complexity index is 581. The summed E-state index contributed by atoms with van der Waals surface area (Å²) in [6, 6.07) is 5.47. The van der Waals surface area contributed by atoms with E-state index in [9.17, 15) is 9.90 Å². The number of phenolic OH excluding ortho intramolecular Hbond substituents is 1. The van der Waals surface area contributed by atoms with Crippen LogP contribution in [0.5, 0.6) is 5.75 Å². The molecule has 3 N–H and O–H groups in total. The van der Waals surface area contributed by atoms with E-state index in [0.29, 0.717) is 24.0 Å². The van der Waals surface area contributed by atoms with E-state index in [1.165, 1.54) is 12.8 Å². The minimum absolute atomic E-state index is 0.113. The van der Waals surface area contributed by atoms with Crippen LogP contribution in [0.15, 0.2) is 18.2 Å². The van der Waals surface area contributed by atoms with E-state index in [2.05, 4.69) is 10.6 Å². The number of alkyl carbamates (subject to hydrolysis) is 1. The molecule has 0 heterocycles. The van der Waals surface area contributed by atoms with Crippen molar-refractivity contribution in [2.75, 3.05) is 6.54 Å². The lowest BCUT2D eigenvalue weighted by Crippen LogP contribution is -2.45. The maximum Gasteiger partial charge on any atom is 0.407 e. The fraction of sp³-hybridized carbons (Fsp3) is 0.632. The highest BCUT2D eigenvalue weighted by molar-refractivity contribution is 6.32. The molecule has 1 amide bonds. The number of rotatable bonds is 6. The SMILES string of the molecule is CC(C)(C)OC(=O)NCC(NCc1cccc(Cl)c1O)C1CCCC1. The molecule has 5 nitrogen and oxygen atoms in total. The molecule has 1 aromatic rings. The molecular formula is C19H29ClN2O3. The smallest absolute Gasteiger partial charge is 0.407 e. The molecule has 140 valence electrons. The molecular weight excluding hydrogens is 340 g/mol. The van der Waals surface area contributed by atoms with Gasteiger partial charge in [-0.05, 0) is 45.6 Å². The first-order valence-electron chi connectivity index (χ1n) is 8.93. The van der Waals surface area contributed by atoms with Crippen LogP contribution in [0.25, 0.3) is 0 Å². The topological polar surface area (TPSA) is 70.6 Å². The zero-order valence-electron chi connectivity index (χ0n) is 15.3. The Labute approximate surface area is 155 Å². The van der Waals surface area contributed by atoms with Crippen LogP contribution in [-0.4, -0.2) is 29.4 Å². The monoisotopic (exact) mass is 368 g/mol. The normalized spacial score (nSPS) is 16.6. The lowest BCUT2D eigenvalue weighted by Gasteiger charge is -2.26. The Kier molecular flexibility index (Phi) is 6.96. The van der Waals surface area contributed by atoms with Crippen molar-refractivity contribution in [2.45, 2.75) is 64.6 Å². The van der Waals surface area contributed by atoms with Crippen LogP contribution >= 0.6 is 11.6 Å².